The Balaban J connectivity index is 1.36. The second-order valence-corrected chi connectivity index (χ2v) is 18.3. The first-order valence-electron chi connectivity index (χ1n) is 16.4. The second-order valence-electron chi connectivity index (χ2n) is 14.0. The summed E-state index contributed by atoms with van der Waals surface area (Å²) in [4.78, 5) is 13.3. The topological polar surface area (TPSA) is 56.1 Å². The molecule has 0 aliphatic heterocycles. The van der Waals surface area contributed by atoms with Gasteiger partial charge in [0.2, 0.25) is 5.91 Å². The van der Waals surface area contributed by atoms with Crippen LogP contribution in [0.2, 0.25) is 5.04 Å². The third-order valence-corrected chi connectivity index (χ3v) is 14.9. The zero-order valence-electron chi connectivity index (χ0n) is 27.3. The fourth-order valence-corrected chi connectivity index (χ4v) is 11.6. The Kier molecular flexibility index (Phi) is 9.14. The Labute approximate surface area is 278 Å². The molecular weight excluding hydrogens is 642 g/mol. The number of amides is 1. The molecule has 254 valence electrons. The van der Waals surface area contributed by atoms with Gasteiger partial charge in [-0.3, -0.25) is 4.79 Å². The van der Waals surface area contributed by atoms with Gasteiger partial charge in [0.25, 0.3) is 8.32 Å². The van der Waals surface area contributed by atoms with Gasteiger partial charge < -0.3 is 9.74 Å². The summed E-state index contributed by atoms with van der Waals surface area (Å²) in [6, 6.07) is 26.2. The molecular formula is C37H40F5N3O2Si. The predicted molar refractivity (Wildman–Crippen MR) is 179 cm³/mol. The van der Waals surface area contributed by atoms with Crippen molar-refractivity contribution in [2.45, 2.75) is 82.2 Å². The highest BCUT2D eigenvalue weighted by Crippen LogP contribution is 2.56. The summed E-state index contributed by atoms with van der Waals surface area (Å²) in [5.74, 6) is -10.9. The maximum Gasteiger partial charge on any atom is 0.313 e. The molecule has 5 nitrogen and oxygen atoms in total. The maximum absolute atomic E-state index is 14.2. The van der Waals surface area contributed by atoms with Crippen molar-refractivity contribution in [3.63, 3.8) is 0 Å². The highest BCUT2D eigenvalue weighted by Gasteiger charge is 2.71. The molecule has 0 bridgehead atoms. The van der Waals surface area contributed by atoms with Gasteiger partial charge >= 0.3 is 11.8 Å². The lowest BCUT2D eigenvalue weighted by atomic mass is 9.74. The van der Waals surface area contributed by atoms with Crippen LogP contribution >= 0.6 is 0 Å². The number of halogens is 5. The molecule has 0 saturated heterocycles. The third kappa shape index (κ3) is 6.11. The minimum atomic E-state index is -4.25. The zero-order valence-corrected chi connectivity index (χ0v) is 28.3. The van der Waals surface area contributed by atoms with Gasteiger partial charge in [0.05, 0.1) is 18.8 Å². The molecule has 1 unspecified atom stereocenters. The van der Waals surface area contributed by atoms with Crippen molar-refractivity contribution in [3.8, 4) is 11.3 Å². The summed E-state index contributed by atoms with van der Waals surface area (Å²) in [7, 11) is -2.92. The molecule has 2 aliphatic rings. The Morgan fingerprint density at radius 1 is 0.938 bits per heavy atom. The standard InChI is InChI=1S/C37H40F5N3O2Si/c1-35(2,3)48(29-13-6-4-7-14-29,30-15-8-5-9-16-30)47-22-21-45-34(43-31(46)23-27-24-36(39,40)37(27,41)42)32(25-11-10-12-25)33(44-45)26-17-19-28(38)20-18-26/h4-9,13-20,25,27H,10-12,21-24H2,1-3H3,(H,43,46). The average Bonchev–Trinajstić information content (AvgIpc) is 3.35. The van der Waals surface area contributed by atoms with Crippen LogP contribution in [0.4, 0.5) is 27.8 Å². The van der Waals surface area contributed by atoms with E-state index >= 15 is 0 Å². The summed E-state index contributed by atoms with van der Waals surface area (Å²) in [5, 5.41) is 9.61. The Morgan fingerprint density at radius 2 is 1.52 bits per heavy atom. The van der Waals surface area contributed by atoms with Gasteiger partial charge in [-0.1, -0.05) is 87.9 Å². The highest BCUT2D eigenvalue weighted by molar-refractivity contribution is 6.99. The van der Waals surface area contributed by atoms with Crippen LogP contribution in [-0.2, 0) is 15.8 Å². The van der Waals surface area contributed by atoms with E-state index in [1.165, 1.54) is 12.1 Å². The van der Waals surface area contributed by atoms with Crippen molar-refractivity contribution < 1.29 is 31.2 Å². The number of anilines is 1. The smallest absolute Gasteiger partial charge is 0.313 e. The van der Waals surface area contributed by atoms with Gasteiger partial charge in [-0.2, -0.15) is 22.7 Å². The first-order chi connectivity index (χ1) is 22.7. The minimum absolute atomic E-state index is 0.0289. The van der Waals surface area contributed by atoms with Crippen LogP contribution in [0.5, 0.6) is 0 Å². The predicted octanol–water partition coefficient (Wildman–Crippen LogP) is 8.15. The van der Waals surface area contributed by atoms with Crippen molar-refractivity contribution >= 4 is 30.4 Å². The van der Waals surface area contributed by atoms with Gasteiger partial charge in [0.1, 0.15) is 11.6 Å². The maximum atomic E-state index is 14.2. The van der Waals surface area contributed by atoms with Crippen molar-refractivity contribution in [2.24, 2.45) is 5.92 Å². The fraction of sp³-hybridized carbons (Fsp3) is 0.405. The summed E-state index contributed by atoms with van der Waals surface area (Å²) in [6.45, 7) is 6.91. The molecule has 2 aliphatic carbocycles. The monoisotopic (exact) mass is 681 g/mol. The van der Waals surface area contributed by atoms with E-state index in [1.54, 1.807) is 16.8 Å². The molecule has 2 fully saturated rings. The lowest BCUT2D eigenvalue weighted by Gasteiger charge is -2.43. The zero-order chi connectivity index (χ0) is 34.3. The molecule has 1 heterocycles. The molecule has 0 spiro atoms. The van der Waals surface area contributed by atoms with Gasteiger partial charge in [-0.15, -0.1) is 0 Å². The number of hydrogen-bond donors (Lipinski definition) is 1. The van der Waals surface area contributed by atoms with Crippen LogP contribution < -0.4 is 15.7 Å². The Hall–Kier alpha value is -3.83. The number of carbonyl (C=O) groups is 1. The van der Waals surface area contributed by atoms with Crippen molar-refractivity contribution in [1.82, 2.24) is 9.78 Å². The van der Waals surface area contributed by atoms with Gasteiger partial charge in [0.15, 0.2) is 0 Å². The molecule has 3 aromatic carbocycles. The van der Waals surface area contributed by atoms with E-state index in [9.17, 15) is 26.7 Å². The van der Waals surface area contributed by atoms with E-state index < -0.39 is 50.6 Å². The number of nitrogens with zero attached hydrogens (tertiary/aromatic N) is 2. The van der Waals surface area contributed by atoms with Crippen LogP contribution in [0.3, 0.4) is 0 Å². The normalized spacial score (nSPS) is 19.0. The SMILES string of the molecule is CC(C)(C)[Si](OCCn1nc(-c2ccc(F)cc2)c(C2CCC2)c1NC(=O)CC1CC(F)(F)C1(F)F)(c1ccccc1)c1ccccc1. The van der Waals surface area contributed by atoms with Gasteiger partial charge in [-0.25, -0.2) is 9.07 Å². The summed E-state index contributed by atoms with van der Waals surface area (Å²) < 4.78 is 78.1. The largest absolute Gasteiger partial charge is 0.406 e. The molecule has 0 radical (unpaired) electrons. The van der Waals surface area contributed by atoms with Crippen LogP contribution in [0.15, 0.2) is 84.9 Å². The summed E-state index contributed by atoms with van der Waals surface area (Å²) in [5.41, 5.74) is 1.93. The van der Waals surface area contributed by atoms with Crippen LogP contribution in [0.1, 0.15) is 64.4 Å². The number of alkyl halides is 4. The van der Waals surface area contributed by atoms with Crippen LogP contribution in [-0.4, -0.2) is 42.5 Å². The summed E-state index contributed by atoms with van der Waals surface area (Å²) in [6.07, 6.45) is 0.826. The lowest BCUT2D eigenvalue weighted by Crippen LogP contribution is -2.66. The minimum Gasteiger partial charge on any atom is -0.406 e. The van der Waals surface area contributed by atoms with E-state index in [4.69, 9.17) is 9.52 Å². The van der Waals surface area contributed by atoms with Crippen molar-refractivity contribution in [2.75, 3.05) is 11.9 Å². The van der Waals surface area contributed by atoms with Crippen molar-refractivity contribution in [1.29, 1.82) is 0 Å². The number of carbonyl (C=O) groups excluding carboxylic acids is 1. The highest BCUT2D eigenvalue weighted by atomic mass is 28.4. The van der Waals surface area contributed by atoms with Crippen molar-refractivity contribution in [3.05, 3.63) is 96.3 Å². The van der Waals surface area contributed by atoms with Gasteiger partial charge in [0, 0.05) is 29.9 Å². The molecule has 4 aromatic rings. The van der Waals surface area contributed by atoms with E-state index in [0.717, 1.165) is 35.2 Å². The molecule has 11 heteroatoms. The number of benzene rings is 3. The first kappa shape index (κ1) is 34.0. The van der Waals surface area contributed by atoms with Crippen LogP contribution in [0, 0.1) is 11.7 Å². The van der Waals surface area contributed by atoms with E-state index in [1.807, 2.05) is 36.4 Å². The first-order valence-corrected chi connectivity index (χ1v) is 18.3. The van der Waals surface area contributed by atoms with E-state index in [2.05, 4.69) is 50.4 Å². The van der Waals surface area contributed by atoms with E-state index in [-0.39, 0.29) is 24.1 Å². The number of nitrogens with one attached hydrogen (secondary N) is 1. The summed E-state index contributed by atoms with van der Waals surface area (Å²) >= 11 is 0. The van der Waals surface area contributed by atoms with Gasteiger partial charge in [-0.05, 0) is 58.4 Å². The van der Waals surface area contributed by atoms with Crippen LogP contribution in [0.25, 0.3) is 11.3 Å². The fourth-order valence-electron chi connectivity index (χ4n) is 7.07. The lowest BCUT2D eigenvalue weighted by molar-refractivity contribution is -0.313. The quantitative estimate of drug-likeness (QED) is 0.128. The number of rotatable bonds is 11. The average molecular weight is 682 g/mol. The molecule has 1 atom stereocenters. The molecule has 48 heavy (non-hydrogen) atoms. The number of aromatic nitrogens is 2. The Bertz CT molecular complexity index is 1700. The second kappa shape index (κ2) is 12.9. The third-order valence-electron chi connectivity index (χ3n) is 9.85. The molecule has 6 rings (SSSR count). The molecule has 1 amide bonds. The molecule has 1 aromatic heterocycles. The van der Waals surface area contributed by atoms with E-state index in [0.29, 0.717) is 17.1 Å². The number of hydrogen-bond acceptors (Lipinski definition) is 3. The Morgan fingerprint density at radius 3 is 2.00 bits per heavy atom. The molecule has 1 N–H and O–H groups in total. The molecule has 2 saturated carbocycles.